The Kier molecular flexibility index (Phi) is 6.77. The van der Waals surface area contributed by atoms with Crippen LogP contribution < -0.4 is 5.73 Å². The summed E-state index contributed by atoms with van der Waals surface area (Å²) in [6.45, 7) is 3.73. The summed E-state index contributed by atoms with van der Waals surface area (Å²) in [6, 6.07) is 12.0. The Bertz CT molecular complexity index is 1110. The zero-order chi connectivity index (χ0) is 21.0. The molecule has 3 aromatic rings. The van der Waals surface area contributed by atoms with E-state index < -0.39 is 6.10 Å². The summed E-state index contributed by atoms with van der Waals surface area (Å²) in [4.78, 5) is 3.86. The minimum absolute atomic E-state index is 0.300. The van der Waals surface area contributed by atoms with Gasteiger partial charge in [0.2, 0.25) is 0 Å². The molecule has 0 radical (unpaired) electrons. The van der Waals surface area contributed by atoms with Gasteiger partial charge in [-0.1, -0.05) is 64.7 Å². The van der Waals surface area contributed by atoms with Crippen LogP contribution in [0.4, 0.5) is 0 Å². The average Bonchev–Trinajstić information content (AvgIpc) is 3.13. The van der Waals surface area contributed by atoms with Crippen LogP contribution in [0, 0.1) is 0 Å². The lowest BCUT2D eigenvalue weighted by Crippen LogP contribution is -2.03. The summed E-state index contributed by atoms with van der Waals surface area (Å²) < 4.78 is 5.61. The molecule has 1 atom stereocenters. The van der Waals surface area contributed by atoms with Crippen molar-refractivity contribution in [2.45, 2.75) is 6.10 Å². The van der Waals surface area contributed by atoms with Crippen LogP contribution in [0.2, 0.25) is 15.1 Å². The third kappa shape index (κ3) is 4.38. The number of aliphatic hydroxyl groups is 1. The number of hydrogen-bond acceptors (Lipinski definition) is 4. The molecule has 0 aliphatic carbocycles. The minimum atomic E-state index is -1.18. The van der Waals surface area contributed by atoms with Crippen molar-refractivity contribution in [3.63, 3.8) is 0 Å². The van der Waals surface area contributed by atoms with Crippen molar-refractivity contribution in [2.24, 2.45) is 10.7 Å². The summed E-state index contributed by atoms with van der Waals surface area (Å²) in [5.41, 5.74) is 7.51. The van der Waals surface area contributed by atoms with Crippen molar-refractivity contribution in [1.29, 1.82) is 0 Å². The number of aliphatic imine (C=N–C) groups is 1. The highest BCUT2D eigenvalue weighted by atomic mass is 35.5. The lowest BCUT2D eigenvalue weighted by Gasteiger charge is -2.14. The van der Waals surface area contributed by atoms with E-state index in [4.69, 9.17) is 45.1 Å². The molecule has 0 fully saturated rings. The molecule has 3 N–H and O–H groups in total. The third-order valence-corrected chi connectivity index (χ3v) is 5.04. The number of aromatic nitrogens is 1. The Balaban J connectivity index is 2.28. The maximum atomic E-state index is 11.2. The molecule has 0 spiro atoms. The zero-order valence-corrected chi connectivity index (χ0v) is 17.3. The van der Waals surface area contributed by atoms with Gasteiger partial charge in [-0.15, -0.1) is 0 Å². The van der Waals surface area contributed by atoms with E-state index in [1.54, 1.807) is 42.5 Å². The second kappa shape index (κ2) is 9.29. The zero-order valence-electron chi connectivity index (χ0n) is 15.0. The van der Waals surface area contributed by atoms with Gasteiger partial charge in [0.1, 0.15) is 11.8 Å². The fourth-order valence-electron chi connectivity index (χ4n) is 2.80. The molecule has 1 unspecified atom stereocenters. The first kappa shape index (κ1) is 21.1. The van der Waals surface area contributed by atoms with Crippen molar-refractivity contribution >= 4 is 41.1 Å². The Hall–Kier alpha value is -2.57. The molecule has 148 valence electrons. The van der Waals surface area contributed by atoms with Gasteiger partial charge in [0.25, 0.3) is 0 Å². The first-order valence-corrected chi connectivity index (χ1v) is 9.55. The predicted octanol–water partition coefficient (Wildman–Crippen LogP) is 6.06. The number of aliphatic hydroxyl groups excluding tert-OH is 1. The highest BCUT2D eigenvalue weighted by molar-refractivity contribution is 6.36. The van der Waals surface area contributed by atoms with Gasteiger partial charge < -0.3 is 15.4 Å². The van der Waals surface area contributed by atoms with E-state index in [0.717, 1.165) is 6.34 Å². The molecule has 0 aliphatic heterocycles. The SMILES string of the molecule is C=C/C(=C\N=C/N)C(O)c1c(-c2ccc(Cl)cc2Cl)noc1-c1ccccc1Cl. The molecule has 1 aromatic heterocycles. The van der Waals surface area contributed by atoms with Gasteiger partial charge in [0.05, 0.1) is 21.9 Å². The Morgan fingerprint density at radius 3 is 2.55 bits per heavy atom. The number of nitrogens with zero attached hydrogens (tertiary/aromatic N) is 2. The largest absolute Gasteiger partial charge is 0.390 e. The lowest BCUT2D eigenvalue weighted by molar-refractivity contribution is 0.219. The summed E-state index contributed by atoms with van der Waals surface area (Å²) in [5, 5.41) is 16.6. The molecule has 0 saturated carbocycles. The van der Waals surface area contributed by atoms with Gasteiger partial charge in [0, 0.05) is 27.9 Å². The van der Waals surface area contributed by atoms with Crippen LogP contribution in [0.5, 0.6) is 0 Å². The van der Waals surface area contributed by atoms with Crippen molar-refractivity contribution in [3.05, 3.63) is 87.5 Å². The lowest BCUT2D eigenvalue weighted by atomic mass is 9.94. The molecular formula is C21H16Cl3N3O2. The van der Waals surface area contributed by atoms with Gasteiger partial charge in [-0.05, 0) is 30.3 Å². The van der Waals surface area contributed by atoms with Gasteiger partial charge in [-0.25, -0.2) is 4.99 Å². The first-order valence-electron chi connectivity index (χ1n) is 8.41. The highest BCUT2D eigenvalue weighted by Gasteiger charge is 2.28. The monoisotopic (exact) mass is 447 g/mol. The second-order valence-electron chi connectivity index (χ2n) is 5.91. The highest BCUT2D eigenvalue weighted by Crippen LogP contribution is 2.43. The summed E-state index contributed by atoms with van der Waals surface area (Å²) >= 11 is 18.7. The molecule has 0 saturated heterocycles. The molecule has 5 nitrogen and oxygen atoms in total. The van der Waals surface area contributed by atoms with Gasteiger partial charge >= 0.3 is 0 Å². The summed E-state index contributed by atoms with van der Waals surface area (Å²) in [7, 11) is 0. The first-order chi connectivity index (χ1) is 14.0. The smallest absolute Gasteiger partial charge is 0.175 e. The van der Waals surface area contributed by atoms with Gasteiger partial charge in [-0.3, -0.25) is 0 Å². The van der Waals surface area contributed by atoms with Crippen molar-refractivity contribution in [2.75, 3.05) is 0 Å². The van der Waals surface area contributed by atoms with Crippen LogP contribution in [0.3, 0.4) is 0 Å². The molecule has 0 amide bonds. The van der Waals surface area contributed by atoms with Crippen LogP contribution >= 0.6 is 34.8 Å². The Morgan fingerprint density at radius 2 is 1.90 bits per heavy atom. The van der Waals surface area contributed by atoms with E-state index in [1.165, 1.54) is 12.3 Å². The fourth-order valence-corrected chi connectivity index (χ4v) is 3.52. The molecule has 1 heterocycles. The molecule has 0 aliphatic rings. The van der Waals surface area contributed by atoms with E-state index in [9.17, 15) is 5.11 Å². The van der Waals surface area contributed by atoms with E-state index >= 15 is 0 Å². The van der Waals surface area contributed by atoms with Crippen LogP contribution in [0.1, 0.15) is 11.7 Å². The normalized spacial score (nSPS) is 13.0. The Morgan fingerprint density at radius 1 is 1.14 bits per heavy atom. The number of halogens is 3. The van der Waals surface area contributed by atoms with Crippen molar-refractivity contribution in [3.8, 4) is 22.6 Å². The minimum Gasteiger partial charge on any atom is -0.390 e. The molecule has 8 heteroatoms. The van der Waals surface area contributed by atoms with Gasteiger partial charge in [0.15, 0.2) is 5.76 Å². The van der Waals surface area contributed by atoms with E-state index in [2.05, 4.69) is 16.7 Å². The quantitative estimate of drug-likeness (QED) is 0.273. The Labute approximate surface area is 182 Å². The number of benzene rings is 2. The van der Waals surface area contributed by atoms with Crippen LogP contribution in [0.25, 0.3) is 22.6 Å². The van der Waals surface area contributed by atoms with Crippen LogP contribution in [-0.4, -0.2) is 16.6 Å². The topological polar surface area (TPSA) is 84.6 Å². The second-order valence-corrected chi connectivity index (χ2v) is 7.16. The van der Waals surface area contributed by atoms with Gasteiger partial charge in [-0.2, -0.15) is 0 Å². The maximum absolute atomic E-state index is 11.2. The maximum Gasteiger partial charge on any atom is 0.175 e. The molecule has 3 rings (SSSR count). The van der Waals surface area contributed by atoms with E-state index in [1.807, 2.05) is 0 Å². The van der Waals surface area contributed by atoms with E-state index in [-0.39, 0.29) is 0 Å². The number of hydrogen-bond donors (Lipinski definition) is 2. The number of rotatable bonds is 6. The molecule has 0 bridgehead atoms. The predicted molar refractivity (Wildman–Crippen MR) is 118 cm³/mol. The summed E-state index contributed by atoms with van der Waals surface area (Å²) in [5.74, 6) is 0.300. The summed E-state index contributed by atoms with van der Waals surface area (Å²) in [6.07, 6.45) is 2.79. The van der Waals surface area contributed by atoms with Crippen LogP contribution in [0.15, 0.2) is 76.4 Å². The molecule has 2 aromatic carbocycles. The fraction of sp³-hybridized carbons (Fsp3) is 0.0476. The van der Waals surface area contributed by atoms with Crippen molar-refractivity contribution in [1.82, 2.24) is 5.16 Å². The van der Waals surface area contributed by atoms with Crippen molar-refractivity contribution < 1.29 is 9.63 Å². The standard InChI is InChI=1S/C21H16Cl3N3O2/c1-2-12(10-26-11-25)20(28)18-19(14-8-7-13(22)9-17(14)24)27-29-21(18)15-5-3-4-6-16(15)23/h2-11,20,28H,1H2,(H2,25,26)/b12-10+. The van der Waals surface area contributed by atoms with E-state index in [0.29, 0.717) is 48.8 Å². The molecule has 29 heavy (non-hydrogen) atoms. The average molecular weight is 449 g/mol. The van der Waals surface area contributed by atoms with Crippen LogP contribution in [-0.2, 0) is 0 Å². The molecular weight excluding hydrogens is 433 g/mol. The third-order valence-electron chi connectivity index (χ3n) is 4.17. The number of nitrogens with two attached hydrogens (primary N) is 1.